The molecule has 3 aliphatic rings. The summed E-state index contributed by atoms with van der Waals surface area (Å²) in [6, 6.07) is 30.4. The van der Waals surface area contributed by atoms with Gasteiger partial charge in [-0.2, -0.15) is 0 Å². The molecule has 0 N–H and O–H groups in total. The summed E-state index contributed by atoms with van der Waals surface area (Å²) >= 11 is 0. The van der Waals surface area contributed by atoms with Crippen molar-refractivity contribution in [3.63, 3.8) is 0 Å². The first kappa shape index (κ1) is 27.0. The van der Waals surface area contributed by atoms with Gasteiger partial charge in [0.25, 0.3) is 0 Å². The standard InChI is InChI=1S/C14H14.C13H8O2.C13H10O/c1-10-13-7-3-2-5-11(13)9-12-6-4-8-14(10)12;1-7-5-6-10-11-8(7)3-2-4-9(11)12(14)13(10)15;1-8-5-6-11-12(14)7-9-3-2-4-10(8)13(9)11/h2-3,5,7,9H,4,6,8H2,1H3;2-6H,1H3;2-6H,7H2,1H3. The third-order valence-corrected chi connectivity index (χ3v) is 9.36. The van der Waals surface area contributed by atoms with Crippen LogP contribution in [0.5, 0.6) is 0 Å². The molecule has 6 aromatic rings. The lowest BCUT2D eigenvalue weighted by Gasteiger charge is -2.08. The van der Waals surface area contributed by atoms with Crippen molar-refractivity contribution in [1.29, 1.82) is 0 Å². The topological polar surface area (TPSA) is 51.2 Å². The summed E-state index contributed by atoms with van der Waals surface area (Å²) in [4.78, 5) is 34.9. The van der Waals surface area contributed by atoms with E-state index in [1.54, 1.807) is 23.3 Å². The van der Waals surface area contributed by atoms with E-state index < -0.39 is 0 Å². The molecule has 0 atom stereocenters. The molecule has 6 aromatic carbocycles. The van der Waals surface area contributed by atoms with Crippen molar-refractivity contribution in [1.82, 2.24) is 0 Å². The Balaban J connectivity index is 0.000000105. The van der Waals surface area contributed by atoms with Crippen LogP contribution in [0.2, 0.25) is 0 Å². The molecule has 0 saturated carbocycles. The Bertz CT molecular complexity index is 2150. The van der Waals surface area contributed by atoms with Gasteiger partial charge in [-0.1, -0.05) is 84.9 Å². The lowest BCUT2D eigenvalue weighted by atomic mass is 9.97. The van der Waals surface area contributed by atoms with E-state index in [0.717, 1.165) is 21.9 Å². The van der Waals surface area contributed by atoms with Crippen LogP contribution in [0.1, 0.15) is 70.9 Å². The molecule has 0 unspecified atom stereocenters. The van der Waals surface area contributed by atoms with Crippen molar-refractivity contribution in [2.75, 3.05) is 0 Å². The summed E-state index contributed by atoms with van der Waals surface area (Å²) in [6.45, 7) is 6.34. The first-order valence-corrected chi connectivity index (χ1v) is 15.0. The number of benzene rings is 6. The number of rotatable bonds is 0. The first-order valence-electron chi connectivity index (χ1n) is 15.0. The molecule has 0 aromatic heterocycles. The maximum absolute atomic E-state index is 11.7. The molecule has 3 nitrogen and oxygen atoms in total. The number of hydrogen-bond acceptors (Lipinski definition) is 3. The SMILES string of the molecule is Cc1c2c(cc3ccccc13)CCC2.Cc1ccc2c3c(cccc13)C(=O)C2=O.Cc1ccc2c3c(cccc13)CC2=O. The van der Waals surface area contributed by atoms with Crippen LogP contribution in [-0.2, 0) is 19.3 Å². The van der Waals surface area contributed by atoms with E-state index in [4.69, 9.17) is 0 Å². The normalized spacial score (nSPS) is 14.2. The van der Waals surface area contributed by atoms with Crippen molar-refractivity contribution < 1.29 is 14.4 Å². The molecule has 0 amide bonds. The third kappa shape index (κ3) is 4.39. The predicted molar refractivity (Wildman–Crippen MR) is 175 cm³/mol. The molecule has 3 aliphatic carbocycles. The monoisotopic (exact) mass is 560 g/mol. The van der Waals surface area contributed by atoms with Gasteiger partial charge < -0.3 is 0 Å². The molecule has 0 fully saturated rings. The molecule has 0 spiro atoms. The van der Waals surface area contributed by atoms with Crippen LogP contribution < -0.4 is 0 Å². The summed E-state index contributed by atoms with van der Waals surface area (Å²) in [5, 5.41) is 7.08. The second kappa shape index (κ2) is 10.4. The zero-order valence-electron chi connectivity index (χ0n) is 24.7. The number of carbonyl (C=O) groups excluding carboxylic acids is 3. The van der Waals surface area contributed by atoms with Crippen molar-refractivity contribution in [2.45, 2.75) is 46.5 Å². The largest absolute Gasteiger partial charge is 0.294 e. The van der Waals surface area contributed by atoms with Gasteiger partial charge in [0.05, 0.1) is 0 Å². The summed E-state index contributed by atoms with van der Waals surface area (Å²) in [5.74, 6) is -0.487. The highest BCUT2D eigenvalue weighted by Crippen LogP contribution is 2.34. The van der Waals surface area contributed by atoms with Crippen LogP contribution in [0.4, 0.5) is 0 Å². The van der Waals surface area contributed by atoms with Crippen molar-refractivity contribution in [3.05, 3.63) is 141 Å². The number of Topliss-reactive ketones (excluding diaryl/α,β-unsaturated/α-hetero) is 3. The molecule has 0 saturated heterocycles. The summed E-state index contributed by atoms with van der Waals surface area (Å²) in [5.41, 5.74) is 10.2. The van der Waals surface area contributed by atoms with E-state index >= 15 is 0 Å². The molecule has 0 aliphatic heterocycles. The fourth-order valence-corrected chi connectivity index (χ4v) is 7.12. The van der Waals surface area contributed by atoms with E-state index in [0.29, 0.717) is 17.5 Å². The third-order valence-electron chi connectivity index (χ3n) is 9.36. The Morgan fingerprint density at radius 1 is 0.535 bits per heavy atom. The van der Waals surface area contributed by atoms with Gasteiger partial charge in [0, 0.05) is 28.5 Å². The van der Waals surface area contributed by atoms with Crippen LogP contribution in [-0.4, -0.2) is 17.3 Å². The minimum atomic E-state index is -0.374. The van der Waals surface area contributed by atoms with Crippen LogP contribution >= 0.6 is 0 Å². The van der Waals surface area contributed by atoms with Crippen molar-refractivity contribution in [3.8, 4) is 0 Å². The highest BCUT2D eigenvalue weighted by Gasteiger charge is 2.30. The van der Waals surface area contributed by atoms with Gasteiger partial charge in [-0.05, 0) is 106 Å². The van der Waals surface area contributed by atoms with Crippen LogP contribution in [0.3, 0.4) is 0 Å². The Morgan fingerprint density at radius 3 is 1.93 bits per heavy atom. The number of ketones is 3. The van der Waals surface area contributed by atoms with E-state index in [1.807, 2.05) is 43.3 Å². The average molecular weight is 561 g/mol. The van der Waals surface area contributed by atoms with Crippen LogP contribution in [0.25, 0.3) is 32.3 Å². The molecule has 3 heteroatoms. The predicted octanol–water partition coefficient (Wildman–Crippen LogP) is 9.05. The first-order chi connectivity index (χ1) is 20.8. The Hall–Kier alpha value is -4.89. The molecule has 0 radical (unpaired) electrons. The zero-order chi connectivity index (χ0) is 29.8. The summed E-state index contributed by atoms with van der Waals surface area (Å²) in [7, 11) is 0. The highest BCUT2D eigenvalue weighted by molar-refractivity contribution is 6.57. The van der Waals surface area contributed by atoms with Crippen molar-refractivity contribution >= 4 is 49.7 Å². The van der Waals surface area contributed by atoms with Gasteiger partial charge in [0.15, 0.2) is 5.78 Å². The minimum absolute atomic E-state index is 0.260. The van der Waals surface area contributed by atoms with Gasteiger partial charge in [-0.15, -0.1) is 0 Å². The van der Waals surface area contributed by atoms with E-state index in [2.05, 4.69) is 56.3 Å². The van der Waals surface area contributed by atoms with Crippen molar-refractivity contribution in [2.24, 2.45) is 0 Å². The molecular formula is C40H32O3. The fourth-order valence-electron chi connectivity index (χ4n) is 7.12. The Labute approximate surface area is 251 Å². The lowest BCUT2D eigenvalue weighted by Crippen LogP contribution is -2.05. The maximum atomic E-state index is 11.7. The zero-order valence-corrected chi connectivity index (χ0v) is 24.7. The maximum Gasteiger partial charge on any atom is 0.234 e. The van der Waals surface area contributed by atoms with Gasteiger partial charge >= 0.3 is 0 Å². The van der Waals surface area contributed by atoms with E-state index in [-0.39, 0.29) is 17.3 Å². The molecule has 43 heavy (non-hydrogen) atoms. The lowest BCUT2D eigenvalue weighted by molar-refractivity contribution is 0.0825. The van der Waals surface area contributed by atoms with Gasteiger partial charge in [0.2, 0.25) is 11.6 Å². The number of aryl methyl sites for hydroxylation is 4. The molecule has 9 rings (SSSR count). The highest BCUT2D eigenvalue weighted by atomic mass is 16.2. The second-order valence-electron chi connectivity index (χ2n) is 11.9. The molecule has 210 valence electrons. The Morgan fingerprint density at radius 2 is 1.16 bits per heavy atom. The minimum Gasteiger partial charge on any atom is -0.294 e. The molecular weight excluding hydrogens is 528 g/mol. The van der Waals surface area contributed by atoms with Gasteiger partial charge in [-0.25, -0.2) is 0 Å². The molecule has 0 heterocycles. The number of fused-ring (bicyclic) bond motifs is 2. The quantitative estimate of drug-likeness (QED) is 0.174. The van der Waals surface area contributed by atoms with Gasteiger partial charge in [-0.3, -0.25) is 14.4 Å². The Kier molecular flexibility index (Phi) is 6.54. The number of carbonyl (C=O) groups is 3. The van der Waals surface area contributed by atoms with E-state index in [9.17, 15) is 14.4 Å². The smallest absolute Gasteiger partial charge is 0.234 e. The number of hydrogen-bond donors (Lipinski definition) is 0. The second-order valence-corrected chi connectivity index (χ2v) is 11.9. The summed E-state index contributed by atoms with van der Waals surface area (Å²) in [6.07, 6.45) is 4.48. The van der Waals surface area contributed by atoms with Gasteiger partial charge in [0.1, 0.15) is 0 Å². The summed E-state index contributed by atoms with van der Waals surface area (Å²) < 4.78 is 0. The average Bonchev–Trinajstić information content (AvgIpc) is 3.70. The van der Waals surface area contributed by atoms with E-state index in [1.165, 1.54) is 57.5 Å². The fraction of sp³-hybridized carbons (Fsp3) is 0.175. The van der Waals surface area contributed by atoms with Crippen LogP contribution in [0.15, 0.2) is 91.0 Å². The molecule has 0 bridgehead atoms. The van der Waals surface area contributed by atoms with Crippen LogP contribution in [0, 0.1) is 20.8 Å².